The van der Waals surface area contributed by atoms with E-state index in [1.165, 1.54) is 6.92 Å². The summed E-state index contributed by atoms with van der Waals surface area (Å²) >= 11 is 4.29. The lowest BCUT2D eigenvalue weighted by Crippen LogP contribution is -2.30. The van der Waals surface area contributed by atoms with Gasteiger partial charge in [-0.3, -0.25) is 4.79 Å². The Labute approximate surface area is 140 Å². The van der Waals surface area contributed by atoms with Crippen LogP contribution in [0.2, 0.25) is 0 Å². The standard InChI is InChI=1S/C14H14BrN3O3S/c1-3-11-12(22-18-17-11)14(20)21-8(2)13(19)16-10-6-4-5-9(15)7-10/h4-8H,3H2,1-2H3,(H,16,19)/t8-/m0/s1. The topological polar surface area (TPSA) is 81.2 Å². The molecule has 1 atom stereocenters. The number of ether oxygens (including phenoxy) is 1. The van der Waals surface area contributed by atoms with Gasteiger partial charge in [0.25, 0.3) is 5.91 Å². The van der Waals surface area contributed by atoms with Crippen molar-refractivity contribution in [3.63, 3.8) is 0 Å². The van der Waals surface area contributed by atoms with Gasteiger partial charge in [-0.05, 0) is 43.1 Å². The van der Waals surface area contributed by atoms with Crippen molar-refractivity contribution in [2.45, 2.75) is 26.4 Å². The number of aryl methyl sites for hydroxylation is 1. The van der Waals surface area contributed by atoms with Crippen molar-refractivity contribution in [3.8, 4) is 0 Å². The van der Waals surface area contributed by atoms with E-state index in [0.717, 1.165) is 16.0 Å². The number of nitrogens with zero attached hydrogens (tertiary/aromatic N) is 2. The van der Waals surface area contributed by atoms with Crippen LogP contribution in [0.3, 0.4) is 0 Å². The van der Waals surface area contributed by atoms with E-state index in [1.807, 2.05) is 13.0 Å². The highest BCUT2D eigenvalue weighted by atomic mass is 79.9. The number of hydrogen-bond donors (Lipinski definition) is 1. The van der Waals surface area contributed by atoms with Gasteiger partial charge < -0.3 is 10.1 Å². The lowest BCUT2D eigenvalue weighted by Gasteiger charge is -2.13. The zero-order chi connectivity index (χ0) is 16.1. The van der Waals surface area contributed by atoms with Crippen LogP contribution in [0.1, 0.15) is 29.2 Å². The molecular weight excluding hydrogens is 370 g/mol. The quantitative estimate of drug-likeness (QED) is 0.802. The van der Waals surface area contributed by atoms with Crippen LogP contribution < -0.4 is 5.32 Å². The molecule has 2 rings (SSSR count). The maximum Gasteiger partial charge on any atom is 0.352 e. The number of nitrogens with one attached hydrogen (secondary N) is 1. The lowest BCUT2D eigenvalue weighted by molar-refractivity contribution is -0.123. The highest BCUT2D eigenvalue weighted by Gasteiger charge is 2.22. The summed E-state index contributed by atoms with van der Waals surface area (Å²) in [5.41, 5.74) is 1.20. The van der Waals surface area contributed by atoms with Gasteiger partial charge in [0.05, 0.1) is 5.69 Å². The highest BCUT2D eigenvalue weighted by Crippen LogP contribution is 2.17. The van der Waals surface area contributed by atoms with E-state index in [-0.39, 0.29) is 0 Å². The van der Waals surface area contributed by atoms with Gasteiger partial charge in [-0.25, -0.2) is 4.79 Å². The first-order chi connectivity index (χ1) is 10.5. The second-order valence-corrected chi connectivity index (χ2v) is 6.12. The third kappa shape index (κ3) is 4.11. The van der Waals surface area contributed by atoms with Crippen molar-refractivity contribution >= 4 is 45.0 Å². The highest BCUT2D eigenvalue weighted by molar-refractivity contribution is 9.10. The Bertz CT molecular complexity index is 689. The van der Waals surface area contributed by atoms with Crippen LogP contribution in [0.15, 0.2) is 28.7 Å². The molecule has 8 heteroatoms. The van der Waals surface area contributed by atoms with Crippen molar-refractivity contribution in [1.82, 2.24) is 9.59 Å². The molecule has 0 saturated carbocycles. The number of hydrogen-bond acceptors (Lipinski definition) is 6. The second-order valence-electron chi connectivity index (χ2n) is 4.45. The maximum absolute atomic E-state index is 12.1. The minimum atomic E-state index is -0.918. The summed E-state index contributed by atoms with van der Waals surface area (Å²) in [5.74, 6) is -0.981. The van der Waals surface area contributed by atoms with Crippen molar-refractivity contribution in [2.24, 2.45) is 0 Å². The van der Waals surface area contributed by atoms with Crippen LogP contribution in [0.5, 0.6) is 0 Å². The number of aromatic nitrogens is 2. The van der Waals surface area contributed by atoms with E-state index in [4.69, 9.17) is 4.74 Å². The van der Waals surface area contributed by atoms with E-state index in [2.05, 4.69) is 30.8 Å². The van der Waals surface area contributed by atoms with E-state index in [9.17, 15) is 9.59 Å². The van der Waals surface area contributed by atoms with Crippen LogP contribution in [0.4, 0.5) is 5.69 Å². The second kappa shape index (κ2) is 7.46. The number of halogens is 1. The molecule has 1 aromatic heterocycles. The normalized spacial score (nSPS) is 11.8. The van der Waals surface area contributed by atoms with Gasteiger partial charge in [0.2, 0.25) is 0 Å². The number of carbonyl (C=O) groups excluding carboxylic acids is 2. The fourth-order valence-corrected chi connectivity index (χ4v) is 2.71. The van der Waals surface area contributed by atoms with Crippen molar-refractivity contribution in [2.75, 3.05) is 5.32 Å². The predicted molar refractivity (Wildman–Crippen MR) is 86.9 cm³/mol. The Kier molecular flexibility index (Phi) is 5.62. The van der Waals surface area contributed by atoms with Crippen LogP contribution >= 0.6 is 27.5 Å². The predicted octanol–water partition coefficient (Wildman–Crippen LogP) is 3.05. The number of esters is 1. The van der Waals surface area contributed by atoms with Crippen molar-refractivity contribution < 1.29 is 14.3 Å². The molecule has 0 bridgehead atoms. The minimum absolute atomic E-state index is 0.338. The molecule has 0 saturated heterocycles. The van der Waals surface area contributed by atoms with E-state index in [1.54, 1.807) is 18.2 Å². The van der Waals surface area contributed by atoms with Crippen molar-refractivity contribution in [1.29, 1.82) is 0 Å². The summed E-state index contributed by atoms with van der Waals surface area (Å²) in [6, 6.07) is 7.16. The third-order valence-electron chi connectivity index (χ3n) is 2.82. The number of amides is 1. The van der Waals surface area contributed by atoms with Gasteiger partial charge in [-0.1, -0.05) is 33.4 Å². The molecule has 0 aliphatic carbocycles. The molecule has 0 aliphatic heterocycles. The van der Waals surface area contributed by atoms with Gasteiger partial charge in [-0.15, -0.1) is 5.10 Å². The molecule has 116 valence electrons. The number of anilines is 1. The molecule has 1 amide bonds. The minimum Gasteiger partial charge on any atom is -0.448 e. The Morgan fingerprint density at radius 2 is 2.23 bits per heavy atom. The Balaban J connectivity index is 1.98. The summed E-state index contributed by atoms with van der Waals surface area (Å²) in [6.07, 6.45) is -0.335. The molecule has 1 heterocycles. The first-order valence-electron chi connectivity index (χ1n) is 6.60. The molecule has 0 fully saturated rings. The summed E-state index contributed by atoms with van der Waals surface area (Å²) in [6.45, 7) is 3.39. The van der Waals surface area contributed by atoms with Crippen LogP contribution in [0, 0.1) is 0 Å². The summed E-state index contributed by atoms with van der Waals surface area (Å²) in [4.78, 5) is 24.4. The van der Waals surface area contributed by atoms with Crippen LogP contribution in [0.25, 0.3) is 0 Å². The molecule has 0 spiro atoms. The van der Waals surface area contributed by atoms with Gasteiger partial charge in [-0.2, -0.15) is 0 Å². The van der Waals surface area contributed by atoms with E-state index >= 15 is 0 Å². The molecule has 6 nitrogen and oxygen atoms in total. The van der Waals surface area contributed by atoms with E-state index < -0.39 is 18.0 Å². The molecule has 0 aliphatic rings. The molecule has 22 heavy (non-hydrogen) atoms. The molecule has 1 aromatic carbocycles. The zero-order valence-electron chi connectivity index (χ0n) is 12.0. The van der Waals surface area contributed by atoms with Crippen LogP contribution in [-0.4, -0.2) is 27.6 Å². The molecule has 0 unspecified atom stereocenters. The largest absolute Gasteiger partial charge is 0.448 e. The number of rotatable bonds is 5. The Morgan fingerprint density at radius 1 is 1.45 bits per heavy atom. The average Bonchev–Trinajstić information content (AvgIpc) is 2.95. The first kappa shape index (κ1) is 16.6. The third-order valence-corrected chi connectivity index (χ3v) is 4.06. The SMILES string of the molecule is CCc1nnsc1C(=O)O[C@@H](C)C(=O)Nc1cccc(Br)c1. The molecule has 2 aromatic rings. The maximum atomic E-state index is 12.1. The Hall–Kier alpha value is -1.80. The number of benzene rings is 1. The monoisotopic (exact) mass is 383 g/mol. The summed E-state index contributed by atoms with van der Waals surface area (Å²) in [7, 11) is 0. The summed E-state index contributed by atoms with van der Waals surface area (Å²) in [5, 5.41) is 6.54. The van der Waals surface area contributed by atoms with Crippen molar-refractivity contribution in [3.05, 3.63) is 39.3 Å². The van der Waals surface area contributed by atoms with Gasteiger partial charge in [0, 0.05) is 10.2 Å². The zero-order valence-corrected chi connectivity index (χ0v) is 14.4. The van der Waals surface area contributed by atoms with Gasteiger partial charge in [0.15, 0.2) is 11.0 Å². The summed E-state index contributed by atoms with van der Waals surface area (Å²) < 4.78 is 9.74. The smallest absolute Gasteiger partial charge is 0.352 e. The Morgan fingerprint density at radius 3 is 2.91 bits per heavy atom. The fourth-order valence-electron chi connectivity index (χ4n) is 1.67. The first-order valence-corrected chi connectivity index (χ1v) is 8.16. The molecule has 0 radical (unpaired) electrons. The van der Waals surface area contributed by atoms with Gasteiger partial charge >= 0.3 is 5.97 Å². The average molecular weight is 384 g/mol. The van der Waals surface area contributed by atoms with Gasteiger partial charge in [0.1, 0.15) is 0 Å². The lowest BCUT2D eigenvalue weighted by atomic mass is 10.3. The van der Waals surface area contributed by atoms with E-state index in [0.29, 0.717) is 22.7 Å². The fraction of sp³-hybridized carbons (Fsp3) is 0.286. The van der Waals surface area contributed by atoms with Crippen LogP contribution in [-0.2, 0) is 16.0 Å². The molecule has 1 N–H and O–H groups in total. The number of carbonyl (C=O) groups is 2. The molecular formula is C14H14BrN3O3S.